The lowest BCUT2D eigenvalue weighted by Crippen LogP contribution is -2.26. The standard InChI is InChI=1S/C12H15NO2/c1-2-6-12(14)13-9-10-15-11-7-4-3-5-8-11/h2-8H,9-10H2,1H3,(H,13,14). The van der Waals surface area contributed by atoms with Crippen molar-refractivity contribution in [1.29, 1.82) is 0 Å². The van der Waals surface area contributed by atoms with E-state index in [2.05, 4.69) is 5.32 Å². The maximum absolute atomic E-state index is 11.0. The number of allylic oxidation sites excluding steroid dienone is 1. The fourth-order valence-electron chi connectivity index (χ4n) is 1.07. The van der Waals surface area contributed by atoms with E-state index in [1.54, 1.807) is 13.0 Å². The van der Waals surface area contributed by atoms with Crippen LogP contribution in [0.3, 0.4) is 0 Å². The van der Waals surface area contributed by atoms with Gasteiger partial charge in [-0.3, -0.25) is 4.79 Å². The van der Waals surface area contributed by atoms with Crippen molar-refractivity contribution in [2.75, 3.05) is 13.2 Å². The van der Waals surface area contributed by atoms with Crippen LogP contribution in [0.5, 0.6) is 5.75 Å². The first-order valence-electron chi connectivity index (χ1n) is 4.91. The van der Waals surface area contributed by atoms with Crippen LogP contribution in [0.25, 0.3) is 0 Å². The lowest BCUT2D eigenvalue weighted by Gasteiger charge is -2.05. The summed E-state index contributed by atoms with van der Waals surface area (Å²) in [6.07, 6.45) is 3.19. The van der Waals surface area contributed by atoms with Gasteiger partial charge in [0.2, 0.25) is 5.91 Å². The van der Waals surface area contributed by atoms with E-state index in [4.69, 9.17) is 4.74 Å². The minimum Gasteiger partial charge on any atom is -0.492 e. The third-order valence-electron chi connectivity index (χ3n) is 1.73. The maximum atomic E-state index is 11.0. The van der Waals surface area contributed by atoms with E-state index in [0.717, 1.165) is 5.75 Å². The number of amides is 1. The predicted octanol–water partition coefficient (Wildman–Crippen LogP) is 1.76. The molecule has 0 spiro atoms. The van der Waals surface area contributed by atoms with Crippen LogP contribution in [0.2, 0.25) is 0 Å². The number of carbonyl (C=O) groups excluding carboxylic acids is 1. The fraction of sp³-hybridized carbons (Fsp3) is 0.250. The average Bonchev–Trinajstić information content (AvgIpc) is 2.26. The Bertz CT molecular complexity index is 320. The van der Waals surface area contributed by atoms with E-state index in [9.17, 15) is 4.79 Å². The molecule has 0 heterocycles. The molecule has 0 aliphatic rings. The molecule has 0 fully saturated rings. The van der Waals surface area contributed by atoms with Gasteiger partial charge in [-0.05, 0) is 25.1 Å². The molecule has 0 radical (unpaired) electrons. The van der Waals surface area contributed by atoms with Crippen LogP contribution in [0, 0.1) is 0 Å². The molecule has 0 aromatic heterocycles. The van der Waals surface area contributed by atoms with Crippen molar-refractivity contribution in [3.63, 3.8) is 0 Å². The molecule has 0 unspecified atom stereocenters. The van der Waals surface area contributed by atoms with Crippen LogP contribution < -0.4 is 10.1 Å². The lowest BCUT2D eigenvalue weighted by atomic mass is 10.3. The van der Waals surface area contributed by atoms with Gasteiger partial charge in [-0.15, -0.1) is 0 Å². The molecular formula is C12H15NO2. The molecule has 15 heavy (non-hydrogen) atoms. The molecule has 1 amide bonds. The Balaban J connectivity index is 2.15. The van der Waals surface area contributed by atoms with Gasteiger partial charge < -0.3 is 10.1 Å². The number of nitrogens with one attached hydrogen (secondary N) is 1. The predicted molar refractivity (Wildman–Crippen MR) is 59.8 cm³/mol. The maximum Gasteiger partial charge on any atom is 0.243 e. The molecule has 0 aliphatic carbocycles. The normalized spacial score (nSPS) is 10.2. The largest absolute Gasteiger partial charge is 0.492 e. The fourth-order valence-corrected chi connectivity index (χ4v) is 1.07. The summed E-state index contributed by atoms with van der Waals surface area (Å²) in [6, 6.07) is 9.52. The zero-order chi connectivity index (χ0) is 10.9. The van der Waals surface area contributed by atoms with Crippen LogP contribution >= 0.6 is 0 Å². The van der Waals surface area contributed by atoms with Gasteiger partial charge in [0.05, 0.1) is 6.54 Å². The zero-order valence-electron chi connectivity index (χ0n) is 8.77. The third kappa shape index (κ3) is 4.86. The Hall–Kier alpha value is -1.77. The van der Waals surface area contributed by atoms with Crippen molar-refractivity contribution < 1.29 is 9.53 Å². The number of hydrogen-bond donors (Lipinski definition) is 1. The van der Waals surface area contributed by atoms with Crippen molar-refractivity contribution >= 4 is 5.91 Å². The summed E-state index contributed by atoms with van der Waals surface area (Å²) in [5.41, 5.74) is 0. The SMILES string of the molecule is CC=CC(=O)NCCOc1ccccc1. The minimum absolute atomic E-state index is 0.0887. The van der Waals surface area contributed by atoms with Crippen molar-refractivity contribution in [3.05, 3.63) is 42.5 Å². The molecule has 80 valence electrons. The molecule has 0 aliphatic heterocycles. The van der Waals surface area contributed by atoms with Crippen LogP contribution in [0.15, 0.2) is 42.5 Å². The smallest absolute Gasteiger partial charge is 0.243 e. The molecule has 1 aromatic carbocycles. The Kier molecular flexibility index (Phi) is 5.01. The van der Waals surface area contributed by atoms with E-state index in [-0.39, 0.29) is 5.91 Å². The molecule has 0 saturated carbocycles. The van der Waals surface area contributed by atoms with Gasteiger partial charge >= 0.3 is 0 Å². The molecule has 1 N–H and O–H groups in total. The number of carbonyl (C=O) groups is 1. The summed E-state index contributed by atoms with van der Waals surface area (Å²) >= 11 is 0. The monoisotopic (exact) mass is 205 g/mol. The van der Waals surface area contributed by atoms with Gasteiger partial charge in [-0.2, -0.15) is 0 Å². The Labute approximate surface area is 89.8 Å². The zero-order valence-corrected chi connectivity index (χ0v) is 8.77. The van der Waals surface area contributed by atoms with Crippen molar-refractivity contribution in [2.45, 2.75) is 6.92 Å². The summed E-state index contributed by atoms with van der Waals surface area (Å²) in [6.45, 7) is 2.80. The highest BCUT2D eigenvalue weighted by Gasteiger charge is 1.94. The van der Waals surface area contributed by atoms with E-state index in [0.29, 0.717) is 13.2 Å². The van der Waals surface area contributed by atoms with Crippen LogP contribution in [0.4, 0.5) is 0 Å². The molecule has 0 bridgehead atoms. The summed E-state index contributed by atoms with van der Waals surface area (Å²) in [5.74, 6) is 0.729. The van der Waals surface area contributed by atoms with E-state index in [1.807, 2.05) is 30.3 Å². The Morgan fingerprint density at radius 1 is 1.40 bits per heavy atom. The Morgan fingerprint density at radius 3 is 2.80 bits per heavy atom. The average molecular weight is 205 g/mol. The van der Waals surface area contributed by atoms with Crippen LogP contribution in [0.1, 0.15) is 6.92 Å². The van der Waals surface area contributed by atoms with Gasteiger partial charge in [0.25, 0.3) is 0 Å². The number of hydrogen-bond acceptors (Lipinski definition) is 2. The van der Waals surface area contributed by atoms with E-state index < -0.39 is 0 Å². The van der Waals surface area contributed by atoms with Gasteiger partial charge in [0.15, 0.2) is 0 Å². The summed E-state index contributed by atoms with van der Waals surface area (Å²) in [4.78, 5) is 11.0. The van der Waals surface area contributed by atoms with Crippen molar-refractivity contribution in [2.24, 2.45) is 0 Å². The quantitative estimate of drug-likeness (QED) is 0.587. The second kappa shape index (κ2) is 6.65. The highest BCUT2D eigenvalue weighted by atomic mass is 16.5. The first-order valence-corrected chi connectivity index (χ1v) is 4.91. The summed E-state index contributed by atoms with van der Waals surface area (Å²) < 4.78 is 5.40. The number of rotatable bonds is 5. The molecule has 3 heteroatoms. The second-order valence-electron chi connectivity index (χ2n) is 2.95. The molecule has 3 nitrogen and oxygen atoms in total. The van der Waals surface area contributed by atoms with E-state index >= 15 is 0 Å². The number of benzene rings is 1. The highest BCUT2D eigenvalue weighted by molar-refractivity contribution is 5.87. The Morgan fingerprint density at radius 2 is 2.13 bits per heavy atom. The molecule has 0 atom stereocenters. The van der Waals surface area contributed by atoms with Crippen LogP contribution in [-0.2, 0) is 4.79 Å². The summed E-state index contributed by atoms with van der Waals surface area (Å²) in [7, 11) is 0. The first-order chi connectivity index (χ1) is 7.33. The van der Waals surface area contributed by atoms with Gasteiger partial charge in [0.1, 0.15) is 12.4 Å². The molecular weight excluding hydrogens is 190 g/mol. The molecule has 0 saturated heterocycles. The molecule has 1 rings (SSSR count). The van der Waals surface area contributed by atoms with E-state index in [1.165, 1.54) is 6.08 Å². The van der Waals surface area contributed by atoms with Crippen molar-refractivity contribution in [3.8, 4) is 5.75 Å². The molecule has 1 aromatic rings. The minimum atomic E-state index is -0.0887. The summed E-state index contributed by atoms with van der Waals surface area (Å²) in [5, 5.41) is 2.70. The van der Waals surface area contributed by atoms with Crippen molar-refractivity contribution in [1.82, 2.24) is 5.32 Å². The first kappa shape index (κ1) is 11.3. The lowest BCUT2D eigenvalue weighted by molar-refractivity contribution is -0.116. The highest BCUT2D eigenvalue weighted by Crippen LogP contribution is 2.07. The van der Waals surface area contributed by atoms with Crippen LogP contribution in [-0.4, -0.2) is 19.1 Å². The second-order valence-corrected chi connectivity index (χ2v) is 2.95. The third-order valence-corrected chi connectivity index (χ3v) is 1.73. The van der Waals surface area contributed by atoms with Gasteiger partial charge in [-0.25, -0.2) is 0 Å². The topological polar surface area (TPSA) is 38.3 Å². The number of para-hydroxylation sites is 1. The number of ether oxygens (including phenoxy) is 1. The van der Waals surface area contributed by atoms with Gasteiger partial charge in [0, 0.05) is 0 Å². The van der Waals surface area contributed by atoms with Gasteiger partial charge in [-0.1, -0.05) is 24.3 Å².